The van der Waals surface area contributed by atoms with Crippen molar-refractivity contribution in [3.63, 3.8) is 0 Å². The van der Waals surface area contributed by atoms with Gasteiger partial charge in [-0.25, -0.2) is 0 Å². The molecule has 0 saturated heterocycles. The van der Waals surface area contributed by atoms with Gasteiger partial charge in [-0.05, 0) is 92.7 Å². The van der Waals surface area contributed by atoms with Gasteiger partial charge < -0.3 is 9.47 Å². The van der Waals surface area contributed by atoms with E-state index in [1.54, 1.807) is 0 Å². The van der Waals surface area contributed by atoms with Gasteiger partial charge in [0.15, 0.2) is 0 Å². The molecule has 0 saturated carbocycles. The Hall–Kier alpha value is -7.16. The molecule has 0 spiro atoms. The van der Waals surface area contributed by atoms with Crippen molar-refractivity contribution < 1.29 is 0 Å². The minimum atomic E-state index is -0.626. The first-order valence-corrected chi connectivity index (χ1v) is 19.0. The molecule has 0 radical (unpaired) electrons. The Morgan fingerprint density at radius 3 is 1.71 bits per heavy atom. The maximum atomic E-state index is 2.64. The summed E-state index contributed by atoms with van der Waals surface area (Å²) in [5.41, 5.74) is 13.9. The Morgan fingerprint density at radius 2 is 0.945 bits per heavy atom. The second-order valence-electron chi connectivity index (χ2n) is 14.5. The van der Waals surface area contributed by atoms with Gasteiger partial charge in [0.25, 0.3) is 0 Å². The van der Waals surface area contributed by atoms with Gasteiger partial charge in [0.1, 0.15) is 5.54 Å². The number of para-hydroxylation sites is 3. The molecule has 10 aromatic rings. The van der Waals surface area contributed by atoms with Crippen molar-refractivity contribution in [2.45, 2.75) is 5.54 Å². The van der Waals surface area contributed by atoms with Gasteiger partial charge in [-0.2, -0.15) is 0 Å². The van der Waals surface area contributed by atoms with E-state index in [9.17, 15) is 0 Å². The standard InChI is InChI=1S/C53H36N2/c1-3-18-38(19-4-1)43-23-11-15-29-50(43)54(41-21-5-2-6-22-41)42-33-34-52-47(36-42)46-26-12-16-30-51(46)55(52)53(40-32-31-37-17-7-8-20-39(37)35-40)48-27-13-9-24-44(48)45-25-10-14-28-49(45)53/h1-36H. The van der Waals surface area contributed by atoms with Crippen LogP contribution >= 0.6 is 0 Å². The van der Waals surface area contributed by atoms with Crippen LogP contribution in [0.15, 0.2) is 218 Å². The molecule has 0 bridgehead atoms. The molecule has 0 aliphatic heterocycles. The van der Waals surface area contributed by atoms with E-state index in [1.807, 2.05) is 0 Å². The second-order valence-corrected chi connectivity index (χ2v) is 14.5. The van der Waals surface area contributed by atoms with Gasteiger partial charge in [-0.1, -0.05) is 170 Å². The van der Waals surface area contributed by atoms with E-state index < -0.39 is 5.54 Å². The van der Waals surface area contributed by atoms with Crippen LogP contribution in [0.3, 0.4) is 0 Å². The van der Waals surface area contributed by atoms with Crippen LogP contribution in [0.25, 0.3) is 54.8 Å². The number of hydrogen-bond donors (Lipinski definition) is 0. The first-order valence-electron chi connectivity index (χ1n) is 19.0. The lowest BCUT2D eigenvalue weighted by Crippen LogP contribution is -2.35. The van der Waals surface area contributed by atoms with Crippen molar-refractivity contribution in [2.24, 2.45) is 0 Å². The summed E-state index contributed by atoms with van der Waals surface area (Å²) in [7, 11) is 0. The molecule has 1 aliphatic rings. The van der Waals surface area contributed by atoms with Crippen molar-refractivity contribution in [1.82, 2.24) is 4.57 Å². The third-order valence-corrected chi connectivity index (χ3v) is 11.6. The molecule has 0 atom stereocenters. The molecule has 1 aromatic heterocycles. The summed E-state index contributed by atoms with van der Waals surface area (Å²) in [6, 6.07) is 80.1. The van der Waals surface area contributed by atoms with Crippen LogP contribution in [0.1, 0.15) is 16.7 Å². The largest absolute Gasteiger partial charge is 0.322 e. The summed E-state index contributed by atoms with van der Waals surface area (Å²) in [6.45, 7) is 0. The number of rotatable bonds is 6. The highest BCUT2D eigenvalue weighted by atomic mass is 15.1. The van der Waals surface area contributed by atoms with Crippen molar-refractivity contribution in [1.29, 1.82) is 0 Å². The minimum Gasteiger partial charge on any atom is -0.322 e. The Kier molecular flexibility index (Phi) is 7.11. The number of anilines is 3. The lowest BCUT2D eigenvalue weighted by atomic mass is 9.79. The van der Waals surface area contributed by atoms with E-state index in [1.165, 1.54) is 71.5 Å². The first kappa shape index (κ1) is 31.4. The smallest absolute Gasteiger partial charge is 0.122 e. The lowest BCUT2D eigenvalue weighted by molar-refractivity contribution is 0.564. The molecule has 1 heterocycles. The number of aromatic nitrogens is 1. The van der Waals surface area contributed by atoms with Crippen LogP contribution in [-0.2, 0) is 5.54 Å². The molecule has 0 N–H and O–H groups in total. The molecule has 0 fully saturated rings. The Bertz CT molecular complexity index is 3000. The maximum Gasteiger partial charge on any atom is 0.122 e. The lowest BCUT2D eigenvalue weighted by Gasteiger charge is -2.37. The highest BCUT2D eigenvalue weighted by Crippen LogP contribution is 2.56. The molecule has 9 aromatic carbocycles. The van der Waals surface area contributed by atoms with Gasteiger partial charge in [0.2, 0.25) is 0 Å². The SMILES string of the molecule is c1ccc(-c2ccccc2N(c2ccccc2)c2ccc3c(c2)c2ccccc2n3C2(c3ccc4ccccc4c3)c3ccccc3-c3ccccc32)cc1. The highest BCUT2D eigenvalue weighted by molar-refractivity contribution is 6.11. The highest BCUT2D eigenvalue weighted by Gasteiger charge is 2.47. The fourth-order valence-corrected chi connectivity index (χ4v) is 9.30. The fourth-order valence-electron chi connectivity index (χ4n) is 9.30. The van der Waals surface area contributed by atoms with Crippen molar-refractivity contribution in [3.05, 3.63) is 235 Å². The fraction of sp³-hybridized carbons (Fsp3) is 0.0189. The second kappa shape index (κ2) is 12.5. The summed E-state index contributed by atoms with van der Waals surface area (Å²) >= 11 is 0. The topological polar surface area (TPSA) is 8.17 Å². The van der Waals surface area contributed by atoms with E-state index in [0.29, 0.717) is 0 Å². The van der Waals surface area contributed by atoms with Crippen molar-refractivity contribution in [3.8, 4) is 22.3 Å². The summed E-state index contributed by atoms with van der Waals surface area (Å²) in [5, 5.41) is 4.92. The van der Waals surface area contributed by atoms with Crippen LogP contribution < -0.4 is 4.90 Å². The Labute approximate surface area is 320 Å². The van der Waals surface area contributed by atoms with E-state index >= 15 is 0 Å². The van der Waals surface area contributed by atoms with E-state index in [0.717, 1.165) is 17.1 Å². The maximum absolute atomic E-state index is 2.64. The zero-order valence-corrected chi connectivity index (χ0v) is 30.2. The van der Waals surface area contributed by atoms with Crippen LogP contribution in [0, 0.1) is 0 Å². The zero-order valence-electron chi connectivity index (χ0n) is 30.2. The normalized spacial score (nSPS) is 12.9. The molecular formula is C53H36N2. The van der Waals surface area contributed by atoms with Crippen molar-refractivity contribution >= 4 is 49.6 Å². The summed E-state index contributed by atoms with van der Waals surface area (Å²) in [4.78, 5) is 2.41. The van der Waals surface area contributed by atoms with Gasteiger partial charge in [0.05, 0.1) is 16.7 Å². The first-order chi connectivity index (χ1) is 27.3. The predicted octanol–water partition coefficient (Wildman–Crippen LogP) is 13.9. The van der Waals surface area contributed by atoms with E-state index in [4.69, 9.17) is 0 Å². The van der Waals surface area contributed by atoms with Crippen LogP contribution in [0.5, 0.6) is 0 Å². The summed E-state index contributed by atoms with van der Waals surface area (Å²) < 4.78 is 2.64. The third-order valence-electron chi connectivity index (χ3n) is 11.6. The van der Waals surface area contributed by atoms with Crippen LogP contribution in [0.2, 0.25) is 0 Å². The van der Waals surface area contributed by atoms with Crippen LogP contribution in [-0.4, -0.2) is 4.57 Å². The number of nitrogens with zero attached hydrogens (tertiary/aromatic N) is 2. The van der Waals surface area contributed by atoms with E-state index in [2.05, 4.69) is 228 Å². The third kappa shape index (κ3) is 4.68. The number of hydrogen-bond acceptors (Lipinski definition) is 1. The number of benzene rings is 9. The molecule has 0 unspecified atom stereocenters. The molecule has 55 heavy (non-hydrogen) atoms. The van der Waals surface area contributed by atoms with Crippen LogP contribution in [0.4, 0.5) is 17.1 Å². The molecular weight excluding hydrogens is 665 g/mol. The van der Waals surface area contributed by atoms with Gasteiger partial charge >= 0.3 is 0 Å². The Balaban J connectivity index is 1.23. The molecule has 11 rings (SSSR count). The quantitative estimate of drug-likeness (QED) is 0.168. The Morgan fingerprint density at radius 1 is 0.364 bits per heavy atom. The molecule has 258 valence electrons. The van der Waals surface area contributed by atoms with Gasteiger partial charge in [-0.3, -0.25) is 0 Å². The predicted molar refractivity (Wildman–Crippen MR) is 231 cm³/mol. The molecule has 2 heteroatoms. The summed E-state index contributed by atoms with van der Waals surface area (Å²) in [6.07, 6.45) is 0. The van der Waals surface area contributed by atoms with Crippen molar-refractivity contribution in [2.75, 3.05) is 4.90 Å². The number of fused-ring (bicyclic) bond motifs is 7. The summed E-state index contributed by atoms with van der Waals surface area (Å²) in [5.74, 6) is 0. The average Bonchev–Trinajstić information content (AvgIpc) is 3.75. The van der Waals surface area contributed by atoms with Gasteiger partial charge in [-0.15, -0.1) is 0 Å². The van der Waals surface area contributed by atoms with E-state index in [-0.39, 0.29) is 0 Å². The minimum absolute atomic E-state index is 0.626. The average molecular weight is 701 g/mol. The van der Waals surface area contributed by atoms with Gasteiger partial charge in [0, 0.05) is 27.7 Å². The monoisotopic (exact) mass is 700 g/mol. The zero-order chi connectivity index (χ0) is 36.3. The molecule has 0 amide bonds. The molecule has 2 nitrogen and oxygen atoms in total. The molecule has 1 aliphatic carbocycles.